The van der Waals surface area contributed by atoms with Crippen molar-refractivity contribution >= 4 is 11.8 Å². The van der Waals surface area contributed by atoms with Gasteiger partial charge in [0.05, 0.1) is 12.1 Å². The number of amides is 2. The zero-order valence-electron chi connectivity index (χ0n) is 18.3. The molecule has 4 aliphatic rings. The van der Waals surface area contributed by atoms with Gasteiger partial charge in [-0.25, -0.2) is 5.01 Å². The normalized spacial score (nSPS) is 38.3. The SMILES string of the molecule is CCCN1CC(C2CCC3C(C2)N(C(=O)C2CCCO2)C[C@H](C)N3C(C)=O)CN1. The number of hydrogen-bond acceptors (Lipinski definition) is 5. The monoisotopic (exact) mass is 406 g/mol. The minimum Gasteiger partial charge on any atom is -0.368 e. The van der Waals surface area contributed by atoms with Gasteiger partial charge >= 0.3 is 0 Å². The molecule has 4 rings (SSSR count). The molecule has 1 aliphatic carbocycles. The first-order valence-corrected chi connectivity index (χ1v) is 11.7. The third kappa shape index (κ3) is 4.19. The van der Waals surface area contributed by atoms with Gasteiger partial charge in [0.2, 0.25) is 5.91 Å². The van der Waals surface area contributed by atoms with Crippen LogP contribution in [-0.4, -0.2) is 83.6 Å². The molecule has 0 aromatic rings. The van der Waals surface area contributed by atoms with Gasteiger partial charge in [0.15, 0.2) is 0 Å². The van der Waals surface area contributed by atoms with Crippen LogP contribution in [0.1, 0.15) is 59.3 Å². The highest BCUT2D eigenvalue weighted by atomic mass is 16.5. The smallest absolute Gasteiger partial charge is 0.252 e. The number of nitrogens with zero attached hydrogens (tertiary/aromatic N) is 3. The number of ether oxygens (including phenoxy) is 1. The van der Waals surface area contributed by atoms with E-state index in [1.54, 1.807) is 6.92 Å². The zero-order valence-corrected chi connectivity index (χ0v) is 18.3. The largest absolute Gasteiger partial charge is 0.368 e. The second-order valence-corrected chi connectivity index (χ2v) is 9.54. The molecule has 7 heteroatoms. The van der Waals surface area contributed by atoms with Crippen molar-refractivity contribution in [3.8, 4) is 0 Å². The maximum atomic E-state index is 13.3. The van der Waals surface area contributed by atoms with Gasteiger partial charge in [0, 0.05) is 45.8 Å². The average molecular weight is 407 g/mol. The number of fused-ring (bicyclic) bond motifs is 1. The van der Waals surface area contributed by atoms with Crippen molar-refractivity contribution in [2.45, 2.75) is 83.5 Å². The molecule has 164 valence electrons. The van der Waals surface area contributed by atoms with Crippen LogP contribution in [0.3, 0.4) is 0 Å². The van der Waals surface area contributed by atoms with E-state index in [1.165, 1.54) is 0 Å². The molecule has 1 N–H and O–H groups in total. The number of rotatable bonds is 4. The Bertz CT molecular complexity index is 609. The Hall–Kier alpha value is -1.18. The van der Waals surface area contributed by atoms with Gasteiger partial charge in [0.25, 0.3) is 5.91 Å². The maximum Gasteiger partial charge on any atom is 0.252 e. The molecular weight excluding hydrogens is 368 g/mol. The van der Waals surface area contributed by atoms with Crippen LogP contribution >= 0.6 is 0 Å². The van der Waals surface area contributed by atoms with E-state index in [-0.39, 0.29) is 36.0 Å². The Morgan fingerprint density at radius 1 is 1.10 bits per heavy atom. The van der Waals surface area contributed by atoms with Crippen molar-refractivity contribution in [3.63, 3.8) is 0 Å². The van der Waals surface area contributed by atoms with Gasteiger partial charge in [0.1, 0.15) is 6.10 Å². The molecule has 0 radical (unpaired) electrons. The molecule has 1 saturated carbocycles. The highest BCUT2D eigenvalue weighted by molar-refractivity contribution is 5.82. The first-order valence-electron chi connectivity index (χ1n) is 11.7. The van der Waals surface area contributed by atoms with Gasteiger partial charge in [-0.3, -0.25) is 15.0 Å². The maximum absolute atomic E-state index is 13.3. The van der Waals surface area contributed by atoms with E-state index >= 15 is 0 Å². The van der Waals surface area contributed by atoms with Crippen LogP contribution < -0.4 is 5.43 Å². The molecule has 0 aromatic heterocycles. The standard InChI is InChI=1S/C22H38N4O3/c1-4-9-24-14-18(12-23-24)17-7-8-19-20(11-17)25(13-15(2)26(19)16(3)27)22(28)21-6-5-10-29-21/h15,17-21,23H,4-14H2,1-3H3/t15-,17?,18?,19?,20?,21?/m0/s1. The van der Waals surface area contributed by atoms with Gasteiger partial charge in [-0.2, -0.15) is 0 Å². The van der Waals surface area contributed by atoms with E-state index in [0.29, 0.717) is 25.0 Å². The summed E-state index contributed by atoms with van der Waals surface area (Å²) in [6.45, 7) is 10.5. The third-order valence-electron chi connectivity index (χ3n) is 7.56. The summed E-state index contributed by atoms with van der Waals surface area (Å²) >= 11 is 0. The van der Waals surface area contributed by atoms with Crippen LogP contribution in [0, 0.1) is 11.8 Å². The molecular formula is C22H38N4O3. The van der Waals surface area contributed by atoms with Crippen LogP contribution in [0.2, 0.25) is 0 Å². The second-order valence-electron chi connectivity index (χ2n) is 9.54. The van der Waals surface area contributed by atoms with Crippen molar-refractivity contribution in [2.75, 3.05) is 32.8 Å². The van der Waals surface area contributed by atoms with E-state index in [9.17, 15) is 9.59 Å². The summed E-state index contributed by atoms with van der Waals surface area (Å²) < 4.78 is 5.74. The molecule has 7 nitrogen and oxygen atoms in total. The Labute approximate surface area is 175 Å². The molecule has 3 heterocycles. The summed E-state index contributed by atoms with van der Waals surface area (Å²) in [6, 6.07) is 0.355. The van der Waals surface area contributed by atoms with E-state index in [0.717, 1.165) is 58.2 Å². The molecule has 5 unspecified atom stereocenters. The molecule has 0 bridgehead atoms. The van der Waals surface area contributed by atoms with Gasteiger partial charge in [-0.1, -0.05) is 6.92 Å². The first kappa shape index (κ1) is 21.1. The molecule has 0 spiro atoms. The Morgan fingerprint density at radius 2 is 1.93 bits per heavy atom. The van der Waals surface area contributed by atoms with E-state index < -0.39 is 0 Å². The van der Waals surface area contributed by atoms with Crippen LogP contribution in [-0.2, 0) is 14.3 Å². The summed E-state index contributed by atoms with van der Waals surface area (Å²) in [5, 5.41) is 2.36. The van der Waals surface area contributed by atoms with Crippen LogP contribution in [0.25, 0.3) is 0 Å². The highest BCUT2D eigenvalue weighted by Gasteiger charge is 2.49. The quantitative estimate of drug-likeness (QED) is 0.769. The molecule has 3 aliphatic heterocycles. The Balaban J connectivity index is 1.51. The lowest BCUT2D eigenvalue weighted by atomic mass is 9.73. The first-order chi connectivity index (χ1) is 14.0. The third-order valence-corrected chi connectivity index (χ3v) is 7.56. The molecule has 2 amide bonds. The average Bonchev–Trinajstić information content (AvgIpc) is 3.38. The number of carbonyl (C=O) groups excluding carboxylic acids is 2. The fourth-order valence-corrected chi connectivity index (χ4v) is 6.25. The number of hydrazine groups is 1. The van der Waals surface area contributed by atoms with Gasteiger partial charge in [-0.05, 0) is 57.3 Å². The van der Waals surface area contributed by atoms with Crippen molar-refractivity contribution in [1.82, 2.24) is 20.2 Å². The lowest BCUT2D eigenvalue weighted by Crippen LogP contribution is -2.68. The van der Waals surface area contributed by atoms with Crippen LogP contribution in [0.4, 0.5) is 0 Å². The number of hydrogen-bond donors (Lipinski definition) is 1. The van der Waals surface area contributed by atoms with E-state index in [4.69, 9.17) is 4.74 Å². The van der Waals surface area contributed by atoms with Crippen molar-refractivity contribution in [1.29, 1.82) is 0 Å². The summed E-state index contributed by atoms with van der Waals surface area (Å²) in [5.74, 6) is 1.54. The van der Waals surface area contributed by atoms with E-state index in [1.807, 2.05) is 0 Å². The molecule has 6 atom stereocenters. The Morgan fingerprint density at radius 3 is 2.62 bits per heavy atom. The predicted octanol–water partition coefficient (Wildman–Crippen LogP) is 1.63. The fourth-order valence-electron chi connectivity index (χ4n) is 6.25. The van der Waals surface area contributed by atoms with Crippen molar-refractivity contribution in [3.05, 3.63) is 0 Å². The summed E-state index contributed by atoms with van der Waals surface area (Å²) in [5.41, 5.74) is 3.56. The Kier molecular flexibility index (Phi) is 6.47. The minimum atomic E-state index is -0.278. The van der Waals surface area contributed by atoms with Crippen LogP contribution in [0.15, 0.2) is 0 Å². The topological polar surface area (TPSA) is 65.1 Å². The van der Waals surface area contributed by atoms with Crippen molar-refractivity contribution < 1.29 is 14.3 Å². The predicted molar refractivity (Wildman–Crippen MR) is 111 cm³/mol. The van der Waals surface area contributed by atoms with Crippen molar-refractivity contribution in [2.24, 2.45) is 11.8 Å². The number of nitrogens with one attached hydrogen (secondary N) is 1. The summed E-state index contributed by atoms with van der Waals surface area (Å²) in [7, 11) is 0. The summed E-state index contributed by atoms with van der Waals surface area (Å²) in [4.78, 5) is 29.9. The zero-order chi connectivity index (χ0) is 20.5. The van der Waals surface area contributed by atoms with Gasteiger partial charge in [-0.15, -0.1) is 0 Å². The fraction of sp³-hybridized carbons (Fsp3) is 0.909. The van der Waals surface area contributed by atoms with Gasteiger partial charge < -0.3 is 14.5 Å². The van der Waals surface area contributed by atoms with E-state index in [2.05, 4.69) is 34.1 Å². The molecule has 4 fully saturated rings. The summed E-state index contributed by atoms with van der Waals surface area (Å²) in [6.07, 6.45) is 5.83. The molecule has 3 saturated heterocycles. The lowest BCUT2D eigenvalue weighted by molar-refractivity contribution is -0.160. The molecule has 0 aromatic carbocycles. The van der Waals surface area contributed by atoms with Crippen LogP contribution in [0.5, 0.6) is 0 Å². The minimum absolute atomic E-state index is 0.0730. The second kappa shape index (κ2) is 8.90. The number of carbonyl (C=O) groups is 2. The number of piperazine rings is 1. The molecule has 29 heavy (non-hydrogen) atoms. The lowest BCUT2D eigenvalue weighted by Gasteiger charge is -2.54. The highest BCUT2D eigenvalue weighted by Crippen LogP contribution is 2.40.